The summed E-state index contributed by atoms with van der Waals surface area (Å²) in [5.74, 6) is 0. The highest BCUT2D eigenvalue weighted by molar-refractivity contribution is 7.99. The molecule has 4 heteroatoms. The van der Waals surface area contributed by atoms with Gasteiger partial charge in [0.25, 0.3) is 0 Å². The molecule has 0 saturated heterocycles. The van der Waals surface area contributed by atoms with Crippen molar-refractivity contribution < 1.29 is 0 Å². The van der Waals surface area contributed by atoms with E-state index in [2.05, 4.69) is 18.2 Å². The molecule has 0 spiro atoms. The van der Waals surface area contributed by atoms with E-state index in [1.54, 1.807) is 11.8 Å². The second-order valence-electron chi connectivity index (χ2n) is 4.68. The van der Waals surface area contributed by atoms with Gasteiger partial charge in [-0.25, -0.2) is 0 Å². The molecule has 1 unspecified atom stereocenters. The predicted molar refractivity (Wildman–Crippen MR) is 82.3 cm³/mol. The molecule has 0 aliphatic heterocycles. The van der Waals surface area contributed by atoms with Gasteiger partial charge in [-0.1, -0.05) is 30.0 Å². The van der Waals surface area contributed by atoms with Crippen molar-refractivity contribution in [2.75, 3.05) is 14.1 Å². The topological polar surface area (TPSA) is 53.0 Å². The normalized spacial score (nSPS) is 12.2. The summed E-state index contributed by atoms with van der Waals surface area (Å²) in [6, 6.07) is 17.8. The van der Waals surface area contributed by atoms with E-state index in [1.807, 2.05) is 55.4 Å². The van der Waals surface area contributed by atoms with Gasteiger partial charge < -0.3 is 5.73 Å². The highest BCUT2D eigenvalue weighted by atomic mass is 32.2. The van der Waals surface area contributed by atoms with Gasteiger partial charge in [0.2, 0.25) is 0 Å². The Balaban J connectivity index is 2.27. The minimum Gasteiger partial charge on any atom is -0.312 e. The van der Waals surface area contributed by atoms with Crippen molar-refractivity contribution in [1.29, 1.82) is 5.26 Å². The second-order valence-corrected chi connectivity index (χ2v) is 5.80. The Kier molecular flexibility index (Phi) is 4.80. The highest BCUT2D eigenvalue weighted by Crippen LogP contribution is 2.33. The molecule has 0 amide bonds. The SMILES string of the molecule is CN(C)C(N)c1ccccc1Sc1ccc(C#N)cc1. The monoisotopic (exact) mass is 283 g/mol. The molecule has 2 aromatic rings. The summed E-state index contributed by atoms with van der Waals surface area (Å²) < 4.78 is 0. The maximum absolute atomic E-state index is 8.82. The van der Waals surface area contributed by atoms with E-state index >= 15 is 0 Å². The average molecular weight is 283 g/mol. The summed E-state index contributed by atoms with van der Waals surface area (Å²) in [6.07, 6.45) is -0.128. The van der Waals surface area contributed by atoms with Crippen LogP contribution < -0.4 is 5.73 Å². The molecule has 0 aromatic heterocycles. The third kappa shape index (κ3) is 3.40. The standard InChI is InChI=1S/C16H17N3S/c1-19(2)16(18)14-5-3-4-6-15(14)20-13-9-7-12(11-17)8-10-13/h3-10,16H,18H2,1-2H3. The van der Waals surface area contributed by atoms with Gasteiger partial charge in [0.05, 0.1) is 17.8 Å². The minimum absolute atomic E-state index is 0.128. The maximum atomic E-state index is 8.82. The molecule has 20 heavy (non-hydrogen) atoms. The molecule has 2 rings (SSSR count). The molecule has 2 aromatic carbocycles. The fourth-order valence-corrected chi connectivity index (χ4v) is 2.80. The number of hydrogen-bond donors (Lipinski definition) is 1. The molecular formula is C16H17N3S. The van der Waals surface area contributed by atoms with Crippen LogP contribution in [-0.4, -0.2) is 19.0 Å². The van der Waals surface area contributed by atoms with Gasteiger partial charge in [-0.15, -0.1) is 0 Å². The molecule has 0 bridgehead atoms. The number of nitrogens with two attached hydrogens (primary N) is 1. The van der Waals surface area contributed by atoms with Crippen LogP contribution in [0.1, 0.15) is 17.3 Å². The molecule has 0 radical (unpaired) electrons. The van der Waals surface area contributed by atoms with Crippen LogP contribution in [0.5, 0.6) is 0 Å². The Morgan fingerprint density at radius 3 is 2.35 bits per heavy atom. The second kappa shape index (κ2) is 6.58. The van der Waals surface area contributed by atoms with E-state index in [1.165, 1.54) is 0 Å². The number of nitrogens with zero attached hydrogens (tertiary/aromatic N) is 2. The number of rotatable bonds is 4. The Bertz CT molecular complexity index is 614. The molecule has 0 heterocycles. The first-order valence-electron chi connectivity index (χ1n) is 6.31. The van der Waals surface area contributed by atoms with Crippen LogP contribution in [0.3, 0.4) is 0 Å². The molecule has 102 valence electrons. The predicted octanol–water partition coefficient (Wildman–Crippen LogP) is 3.23. The van der Waals surface area contributed by atoms with Crippen LogP contribution >= 0.6 is 11.8 Å². The van der Waals surface area contributed by atoms with E-state index in [9.17, 15) is 0 Å². The molecule has 0 saturated carbocycles. The largest absolute Gasteiger partial charge is 0.312 e. The van der Waals surface area contributed by atoms with Crippen LogP contribution in [0.25, 0.3) is 0 Å². The zero-order valence-electron chi connectivity index (χ0n) is 11.6. The fourth-order valence-electron chi connectivity index (χ4n) is 1.82. The lowest BCUT2D eigenvalue weighted by Crippen LogP contribution is -2.27. The quantitative estimate of drug-likeness (QED) is 0.875. The molecule has 3 nitrogen and oxygen atoms in total. The van der Waals surface area contributed by atoms with Crippen molar-refractivity contribution in [3.63, 3.8) is 0 Å². The van der Waals surface area contributed by atoms with Gasteiger partial charge >= 0.3 is 0 Å². The first-order valence-corrected chi connectivity index (χ1v) is 7.12. The summed E-state index contributed by atoms with van der Waals surface area (Å²) in [5, 5.41) is 8.82. The van der Waals surface area contributed by atoms with Crippen LogP contribution in [0.15, 0.2) is 58.3 Å². The van der Waals surface area contributed by atoms with E-state index in [4.69, 9.17) is 11.0 Å². The number of nitriles is 1. The van der Waals surface area contributed by atoms with Gasteiger partial charge in [0, 0.05) is 9.79 Å². The van der Waals surface area contributed by atoms with Gasteiger partial charge in [0.15, 0.2) is 0 Å². The first kappa shape index (κ1) is 14.6. The summed E-state index contributed by atoms with van der Waals surface area (Å²) >= 11 is 1.66. The summed E-state index contributed by atoms with van der Waals surface area (Å²) in [7, 11) is 3.93. The third-order valence-electron chi connectivity index (χ3n) is 3.01. The summed E-state index contributed by atoms with van der Waals surface area (Å²) in [5.41, 5.74) is 7.98. The summed E-state index contributed by atoms with van der Waals surface area (Å²) in [4.78, 5) is 4.22. The zero-order chi connectivity index (χ0) is 14.5. The van der Waals surface area contributed by atoms with E-state index in [0.29, 0.717) is 5.56 Å². The van der Waals surface area contributed by atoms with E-state index in [-0.39, 0.29) is 6.17 Å². The molecule has 2 N–H and O–H groups in total. The lowest BCUT2D eigenvalue weighted by Gasteiger charge is -2.22. The fraction of sp³-hybridized carbons (Fsp3) is 0.188. The van der Waals surface area contributed by atoms with Crippen LogP contribution in [0.4, 0.5) is 0 Å². The summed E-state index contributed by atoms with van der Waals surface area (Å²) in [6.45, 7) is 0. The molecule has 1 atom stereocenters. The van der Waals surface area contributed by atoms with Crippen LogP contribution in [0, 0.1) is 11.3 Å². The molecular weight excluding hydrogens is 266 g/mol. The molecule has 0 aliphatic carbocycles. The van der Waals surface area contributed by atoms with E-state index in [0.717, 1.165) is 15.4 Å². The Hall–Kier alpha value is -1.80. The molecule has 0 aliphatic rings. The van der Waals surface area contributed by atoms with Crippen molar-refractivity contribution in [2.45, 2.75) is 16.0 Å². The Morgan fingerprint density at radius 2 is 1.75 bits per heavy atom. The maximum Gasteiger partial charge on any atom is 0.0991 e. The van der Waals surface area contributed by atoms with Crippen molar-refractivity contribution in [2.24, 2.45) is 5.73 Å². The lowest BCUT2D eigenvalue weighted by molar-refractivity contribution is 0.304. The zero-order valence-corrected chi connectivity index (χ0v) is 12.4. The minimum atomic E-state index is -0.128. The van der Waals surface area contributed by atoms with Gasteiger partial charge in [-0.2, -0.15) is 5.26 Å². The van der Waals surface area contributed by atoms with Crippen LogP contribution in [-0.2, 0) is 0 Å². The number of benzene rings is 2. The first-order chi connectivity index (χ1) is 9.61. The lowest BCUT2D eigenvalue weighted by atomic mass is 10.1. The smallest absolute Gasteiger partial charge is 0.0991 e. The highest BCUT2D eigenvalue weighted by Gasteiger charge is 2.13. The van der Waals surface area contributed by atoms with Crippen molar-refractivity contribution >= 4 is 11.8 Å². The van der Waals surface area contributed by atoms with E-state index < -0.39 is 0 Å². The van der Waals surface area contributed by atoms with Gasteiger partial charge in [0.1, 0.15) is 0 Å². The van der Waals surface area contributed by atoms with Gasteiger partial charge in [-0.05, 0) is 50.0 Å². The Labute approximate surface area is 124 Å². The van der Waals surface area contributed by atoms with Crippen molar-refractivity contribution in [3.8, 4) is 6.07 Å². The van der Waals surface area contributed by atoms with Crippen molar-refractivity contribution in [1.82, 2.24) is 4.90 Å². The molecule has 0 fully saturated rings. The van der Waals surface area contributed by atoms with Gasteiger partial charge in [-0.3, -0.25) is 4.90 Å². The Morgan fingerprint density at radius 1 is 1.10 bits per heavy atom. The average Bonchev–Trinajstić information content (AvgIpc) is 2.48. The van der Waals surface area contributed by atoms with Crippen LogP contribution in [0.2, 0.25) is 0 Å². The van der Waals surface area contributed by atoms with Crippen molar-refractivity contribution in [3.05, 3.63) is 59.7 Å². The number of hydrogen-bond acceptors (Lipinski definition) is 4. The third-order valence-corrected chi connectivity index (χ3v) is 4.10.